The Morgan fingerprint density at radius 1 is 1.38 bits per heavy atom. The maximum Gasteiger partial charge on any atom is 0.211 e. The van der Waals surface area contributed by atoms with Gasteiger partial charge >= 0.3 is 0 Å². The minimum atomic E-state index is -3.23. The molecule has 0 atom stereocenters. The van der Waals surface area contributed by atoms with Crippen LogP contribution in [0.1, 0.15) is 52.9 Å². The molecule has 21 heavy (non-hydrogen) atoms. The van der Waals surface area contributed by atoms with Crippen molar-refractivity contribution in [3.8, 4) is 0 Å². The SMILES string of the molecule is CC(C)n1c(CCNS(=O)(=O)CCC(C)(C)C)n[nH]c1=S. The highest BCUT2D eigenvalue weighted by atomic mass is 32.2. The van der Waals surface area contributed by atoms with Crippen LogP contribution in [0.25, 0.3) is 0 Å². The van der Waals surface area contributed by atoms with Gasteiger partial charge in [0, 0.05) is 19.0 Å². The van der Waals surface area contributed by atoms with Gasteiger partial charge in [-0.25, -0.2) is 13.1 Å². The van der Waals surface area contributed by atoms with Crippen molar-refractivity contribution in [2.75, 3.05) is 12.3 Å². The van der Waals surface area contributed by atoms with Crippen LogP contribution in [0.4, 0.5) is 0 Å². The summed E-state index contributed by atoms with van der Waals surface area (Å²) in [5.74, 6) is 0.918. The largest absolute Gasteiger partial charge is 0.302 e. The van der Waals surface area contributed by atoms with Gasteiger partial charge in [0.2, 0.25) is 10.0 Å². The van der Waals surface area contributed by atoms with E-state index in [0.717, 1.165) is 5.82 Å². The molecular formula is C13H26N4O2S2. The molecule has 0 aliphatic carbocycles. The fourth-order valence-corrected chi connectivity index (χ4v) is 3.68. The lowest BCUT2D eigenvalue weighted by Gasteiger charge is -2.18. The van der Waals surface area contributed by atoms with E-state index >= 15 is 0 Å². The second kappa shape index (κ2) is 7.02. The standard InChI is InChI=1S/C13H26N4O2S2/c1-10(2)17-11(15-16-12(17)20)6-8-14-21(18,19)9-7-13(3,4)5/h10,14H,6-9H2,1-5H3,(H,16,20). The topological polar surface area (TPSA) is 79.8 Å². The number of sulfonamides is 1. The lowest BCUT2D eigenvalue weighted by Crippen LogP contribution is -2.30. The van der Waals surface area contributed by atoms with Crippen LogP contribution in [0.15, 0.2) is 0 Å². The third kappa shape index (κ3) is 6.27. The molecule has 0 saturated carbocycles. The van der Waals surface area contributed by atoms with E-state index in [2.05, 4.69) is 14.9 Å². The van der Waals surface area contributed by atoms with Gasteiger partial charge in [0.1, 0.15) is 5.82 Å². The predicted octanol–water partition coefficient (Wildman–Crippen LogP) is 2.42. The summed E-state index contributed by atoms with van der Waals surface area (Å²) < 4.78 is 28.9. The molecule has 0 aromatic carbocycles. The Hall–Kier alpha value is -0.730. The Morgan fingerprint density at radius 3 is 2.52 bits per heavy atom. The smallest absolute Gasteiger partial charge is 0.211 e. The zero-order valence-corrected chi connectivity index (χ0v) is 15.1. The highest BCUT2D eigenvalue weighted by molar-refractivity contribution is 7.89. The van der Waals surface area contributed by atoms with Gasteiger partial charge in [-0.3, -0.25) is 5.10 Å². The number of H-pyrrole nitrogens is 1. The van der Waals surface area contributed by atoms with Crippen LogP contribution in [0.3, 0.4) is 0 Å². The molecule has 0 fully saturated rings. The van der Waals surface area contributed by atoms with Crippen molar-refractivity contribution < 1.29 is 8.42 Å². The first-order valence-corrected chi connectivity index (χ1v) is 9.21. The van der Waals surface area contributed by atoms with Crippen molar-refractivity contribution in [2.24, 2.45) is 5.41 Å². The summed E-state index contributed by atoms with van der Waals surface area (Å²) in [6, 6.07) is 0.198. The highest BCUT2D eigenvalue weighted by Gasteiger charge is 2.17. The second-order valence-electron chi connectivity index (χ2n) is 6.68. The molecule has 6 nitrogen and oxygen atoms in total. The van der Waals surface area contributed by atoms with Crippen molar-refractivity contribution >= 4 is 22.2 Å². The van der Waals surface area contributed by atoms with Gasteiger partial charge in [0.05, 0.1) is 5.75 Å². The molecule has 1 aromatic rings. The van der Waals surface area contributed by atoms with Crippen LogP contribution in [0.5, 0.6) is 0 Å². The number of rotatable bonds is 7. The van der Waals surface area contributed by atoms with E-state index in [1.807, 2.05) is 39.2 Å². The van der Waals surface area contributed by atoms with Crippen LogP contribution in [-0.2, 0) is 16.4 Å². The maximum atomic E-state index is 11.9. The maximum absolute atomic E-state index is 11.9. The summed E-state index contributed by atoms with van der Waals surface area (Å²) in [5.41, 5.74) is 0.00877. The molecule has 0 spiro atoms. The number of nitrogens with one attached hydrogen (secondary N) is 2. The molecular weight excluding hydrogens is 308 g/mol. The van der Waals surface area contributed by atoms with E-state index in [0.29, 0.717) is 24.2 Å². The molecule has 0 saturated heterocycles. The number of aromatic amines is 1. The van der Waals surface area contributed by atoms with E-state index < -0.39 is 10.0 Å². The third-order valence-electron chi connectivity index (χ3n) is 3.09. The summed E-state index contributed by atoms with van der Waals surface area (Å²) in [4.78, 5) is 0. The van der Waals surface area contributed by atoms with Crippen molar-refractivity contribution in [3.63, 3.8) is 0 Å². The first-order valence-electron chi connectivity index (χ1n) is 7.15. The molecule has 122 valence electrons. The molecule has 0 bridgehead atoms. The molecule has 0 aliphatic rings. The van der Waals surface area contributed by atoms with Gasteiger partial charge in [-0.05, 0) is 37.9 Å². The Labute approximate surface area is 132 Å². The number of hydrogen-bond acceptors (Lipinski definition) is 4. The first kappa shape index (κ1) is 18.3. The normalized spacial score (nSPS) is 13.0. The molecule has 0 amide bonds. The molecule has 0 aliphatic heterocycles. The van der Waals surface area contributed by atoms with Gasteiger partial charge in [0.25, 0.3) is 0 Å². The van der Waals surface area contributed by atoms with Gasteiger partial charge in [-0.15, -0.1) is 0 Å². The average molecular weight is 335 g/mol. The molecule has 1 heterocycles. The zero-order chi connectivity index (χ0) is 16.3. The quantitative estimate of drug-likeness (QED) is 0.751. The van der Waals surface area contributed by atoms with Crippen molar-refractivity contribution in [1.29, 1.82) is 0 Å². The molecule has 8 heteroatoms. The lowest BCUT2D eigenvalue weighted by molar-refractivity contribution is 0.396. The van der Waals surface area contributed by atoms with Crippen molar-refractivity contribution in [1.82, 2.24) is 19.5 Å². The average Bonchev–Trinajstić information content (AvgIpc) is 2.67. The lowest BCUT2D eigenvalue weighted by atomic mass is 9.94. The Balaban J connectivity index is 2.56. The van der Waals surface area contributed by atoms with E-state index in [1.54, 1.807) is 0 Å². The summed E-state index contributed by atoms with van der Waals surface area (Å²) in [7, 11) is -3.23. The Kier molecular flexibility index (Phi) is 6.12. The molecule has 0 unspecified atom stereocenters. The molecule has 1 aromatic heterocycles. The van der Waals surface area contributed by atoms with Crippen LogP contribution in [0, 0.1) is 10.2 Å². The highest BCUT2D eigenvalue weighted by Crippen LogP contribution is 2.18. The van der Waals surface area contributed by atoms with E-state index in [4.69, 9.17) is 12.2 Å². The molecule has 0 radical (unpaired) electrons. The fraction of sp³-hybridized carbons (Fsp3) is 0.846. The van der Waals surface area contributed by atoms with E-state index in [-0.39, 0.29) is 17.2 Å². The number of aromatic nitrogens is 3. The summed E-state index contributed by atoms with van der Waals surface area (Å²) in [6.07, 6.45) is 1.15. The van der Waals surface area contributed by atoms with Crippen LogP contribution >= 0.6 is 12.2 Å². The molecule has 2 N–H and O–H groups in total. The van der Waals surface area contributed by atoms with Crippen molar-refractivity contribution in [2.45, 2.75) is 53.5 Å². The van der Waals surface area contributed by atoms with Crippen molar-refractivity contribution in [3.05, 3.63) is 10.6 Å². The van der Waals surface area contributed by atoms with E-state index in [1.165, 1.54) is 0 Å². The fourth-order valence-electron chi connectivity index (χ4n) is 1.88. The number of nitrogens with zero attached hydrogens (tertiary/aromatic N) is 2. The minimum Gasteiger partial charge on any atom is -0.302 e. The van der Waals surface area contributed by atoms with Gasteiger partial charge in [-0.2, -0.15) is 5.10 Å². The van der Waals surface area contributed by atoms with Gasteiger partial charge < -0.3 is 4.57 Å². The van der Waals surface area contributed by atoms with Crippen LogP contribution in [-0.4, -0.2) is 35.5 Å². The first-order chi connectivity index (χ1) is 9.52. The predicted molar refractivity (Wildman–Crippen MR) is 87.4 cm³/mol. The van der Waals surface area contributed by atoms with Gasteiger partial charge in [-0.1, -0.05) is 20.8 Å². The summed E-state index contributed by atoms with van der Waals surface area (Å²) in [5, 5.41) is 6.90. The van der Waals surface area contributed by atoms with Gasteiger partial charge in [0.15, 0.2) is 4.77 Å². The summed E-state index contributed by atoms with van der Waals surface area (Å²) in [6.45, 7) is 10.5. The molecule has 1 rings (SSSR count). The second-order valence-corrected chi connectivity index (χ2v) is 9.00. The zero-order valence-electron chi connectivity index (χ0n) is 13.4. The van der Waals surface area contributed by atoms with E-state index in [9.17, 15) is 8.42 Å². The van der Waals surface area contributed by atoms with Crippen LogP contribution < -0.4 is 4.72 Å². The summed E-state index contributed by atoms with van der Waals surface area (Å²) >= 11 is 5.16. The minimum absolute atomic E-state index is 0.00877. The monoisotopic (exact) mass is 334 g/mol. The Morgan fingerprint density at radius 2 is 2.00 bits per heavy atom. The third-order valence-corrected chi connectivity index (χ3v) is 4.76. The Bertz CT molecular complexity index is 609. The number of hydrogen-bond donors (Lipinski definition) is 2. The van der Waals surface area contributed by atoms with Crippen LogP contribution in [0.2, 0.25) is 0 Å².